The number of hydrogen-bond donors (Lipinski definition) is 3. The third-order valence-corrected chi connectivity index (χ3v) is 15.3. The molecule has 6 heteroatoms. The minimum Gasteiger partial charge on any atom is -0.466 e. The van der Waals surface area contributed by atoms with Crippen LogP contribution >= 0.6 is 0 Å². The van der Waals surface area contributed by atoms with Crippen LogP contribution in [0.25, 0.3) is 0 Å². The Labute approximate surface area is 467 Å². The van der Waals surface area contributed by atoms with Gasteiger partial charge < -0.3 is 20.3 Å². The molecule has 0 heterocycles. The van der Waals surface area contributed by atoms with E-state index in [4.69, 9.17) is 4.74 Å². The van der Waals surface area contributed by atoms with Crippen LogP contribution < -0.4 is 5.32 Å². The second-order valence-electron chi connectivity index (χ2n) is 22.8. The van der Waals surface area contributed by atoms with E-state index in [9.17, 15) is 19.8 Å². The molecule has 0 radical (unpaired) electrons. The van der Waals surface area contributed by atoms with Crippen LogP contribution in [0, 0.1) is 0 Å². The van der Waals surface area contributed by atoms with E-state index < -0.39 is 12.1 Å². The predicted octanol–water partition coefficient (Wildman–Crippen LogP) is 21.3. The second kappa shape index (κ2) is 64.3. The summed E-state index contributed by atoms with van der Waals surface area (Å²) in [5, 5.41) is 23.1. The van der Waals surface area contributed by atoms with Crippen molar-refractivity contribution in [2.75, 3.05) is 13.2 Å². The number of rotatable bonds is 62. The number of aliphatic hydroxyl groups is 2. The van der Waals surface area contributed by atoms with Gasteiger partial charge in [-0.25, -0.2) is 0 Å². The van der Waals surface area contributed by atoms with Crippen molar-refractivity contribution in [2.45, 2.75) is 366 Å². The molecule has 2 unspecified atom stereocenters. The fraction of sp³-hybridized carbons (Fsp3) is 0.855. The Balaban J connectivity index is 3.40. The maximum atomic E-state index is 12.5. The number of allylic oxidation sites excluding steroid dienone is 7. The summed E-state index contributed by atoms with van der Waals surface area (Å²) in [4.78, 5) is 24.5. The normalized spacial score (nSPS) is 12.9. The molecule has 0 rings (SSSR count). The van der Waals surface area contributed by atoms with Gasteiger partial charge in [0.15, 0.2) is 0 Å². The van der Waals surface area contributed by atoms with Crippen LogP contribution in [0.3, 0.4) is 0 Å². The Bertz CT molecular complexity index is 1260. The fourth-order valence-electron chi connectivity index (χ4n) is 10.2. The molecule has 0 fully saturated rings. The molecule has 1 amide bonds. The molecule has 2 atom stereocenters. The van der Waals surface area contributed by atoms with Gasteiger partial charge in [-0.3, -0.25) is 9.59 Å². The van der Waals surface area contributed by atoms with E-state index >= 15 is 0 Å². The monoisotopic (exact) mass is 1050 g/mol. The molecule has 0 bridgehead atoms. The summed E-state index contributed by atoms with van der Waals surface area (Å²) in [7, 11) is 0. The summed E-state index contributed by atoms with van der Waals surface area (Å²) in [5.41, 5.74) is 0. The second-order valence-corrected chi connectivity index (χ2v) is 22.8. The minimum absolute atomic E-state index is 0.00416. The van der Waals surface area contributed by atoms with E-state index in [0.717, 1.165) is 51.4 Å². The number of esters is 1. The van der Waals surface area contributed by atoms with E-state index in [-0.39, 0.29) is 18.5 Å². The molecule has 0 aromatic carbocycles. The Kier molecular flexibility index (Phi) is 62.5. The molecule has 75 heavy (non-hydrogen) atoms. The molecule has 3 N–H and O–H groups in total. The third-order valence-electron chi connectivity index (χ3n) is 15.3. The van der Waals surface area contributed by atoms with Crippen LogP contribution in [0.5, 0.6) is 0 Å². The average Bonchev–Trinajstić information content (AvgIpc) is 3.41. The van der Waals surface area contributed by atoms with Gasteiger partial charge in [-0.2, -0.15) is 0 Å². The quantitative estimate of drug-likeness (QED) is 0.0320. The number of carbonyl (C=O) groups excluding carboxylic acids is 2. The maximum Gasteiger partial charge on any atom is 0.305 e. The lowest BCUT2D eigenvalue weighted by Crippen LogP contribution is -2.45. The Morgan fingerprint density at radius 1 is 0.373 bits per heavy atom. The lowest BCUT2D eigenvalue weighted by atomic mass is 10.0. The number of unbranched alkanes of at least 4 members (excludes halogenated alkanes) is 45. The van der Waals surface area contributed by atoms with Gasteiger partial charge in [0.2, 0.25) is 5.91 Å². The van der Waals surface area contributed by atoms with Gasteiger partial charge >= 0.3 is 5.97 Å². The number of hydrogen-bond acceptors (Lipinski definition) is 5. The van der Waals surface area contributed by atoms with E-state index in [1.165, 1.54) is 276 Å². The molecule has 6 nitrogen and oxygen atoms in total. The summed E-state index contributed by atoms with van der Waals surface area (Å²) in [5.74, 6) is -0.0628. The first-order chi connectivity index (χ1) is 37.0. The molecule has 0 aliphatic carbocycles. The number of aliphatic hydroxyl groups excluding tert-OH is 2. The van der Waals surface area contributed by atoms with Gasteiger partial charge in [-0.05, 0) is 89.9 Å². The lowest BCUT2D eigenvalue weighted by molar-refractivity contribution is -0.143. The van der Waals surface area contributed by atoms with Crippen LogP contribution in [0.15, 0.2) is 48.6 Å². The van der Waals surface area contributed by atoms with Crippen LogP contribution in [-0.2, 0) is 14.3 Å². The first kappa shape index (κ1) is 72.8. The van der Waals surface area contributed by atoms with Crippen LogP contribution in [0.4, 0.5) is 0 Å². The highest BCUT2D eigenvalue weighted by atomic mass is 16.5. The van der Waals surface area contributed by atoms with Crippen molar-refractivity contribution in [1.82, 2.24) is 5.32 Å². The largest absolute Gasteiger partial charge is 0.466 e. The van der Waals surface area contributed by atoms with E-state index in [0.29, 0.717) is 19.4 Å². The zero-order chi connectivity index (χ0) is 54.3. The lowest BCUT2D eigenvalue weighted by Gasteiger charge is -2.20. The van der Waals surface area contributed by atoms with Crippen molar-refractivity contribution in [1.29, 1.82) is 0 Å². The number of ether oxygens (including phenoxy) is 1. The predicted molar refractivity (Wildman–Crippen MR) is 329 cm³/mol. The van der Waals surface area contributed by atoms with Gasteiger partial charge in [0.05, 0.1) is 25.4 Å². The number of nitrogens with one attached hydrogen (secondary N) is 1. The van der Waals surface area contributed by atoms with Crippen LogP contribution in [0.2, 0.25) is 0 Å². The smallest absolute Gasteiger partial charge is 0.305 e. The van der Waals surface area contributed by atoms with Crippen molar-refractivity contribution < 1.29 is 24.5 Å². The highest BCUT2D eigenvalue weighted by Crippen LogP contribution is 2.17. The van der Waals surface area contributed by atoms with Crippen LogP contribution in [-0.4, -0.2) is 47.4 Å². The SMILES string of the molecule is CCCCCCC/C=C\CCCCCCCC(=O)OCCCCCCCCCCC/C=C\C/C=C\CCCCCCCCCCCCCCCCCC(=O)NC(CO)C(O)/C=C/CCCCCCCCCCCCC. The molecule has 0 saturated heterocycles. The van der Waals surface area contributed by atoms with E-state index in [1.807, 2.05) is 6.08 Å². The van der Waals surface area contributed by atoms with Gasteiger partial charge in [0, 0.05) is 12.8 Å². The molecule has 0 saturated carbocycles. The van der Waals surface area contributed by atoms with Crippen molar-refractivity contribution >= 4 is 11.9 Å². The van der Waals surface area contributed by atoms with E-state index in [2.05, 4.69) is 55.6 Å². The Morgan fingerprint density at radius 2 is 0.667 bits per heavy atom. The van der Waals surface area contributed by atoms with Crippen molar-refractivity contribution in [3.05, 3.63) is 48.6 Å². The summed E-state index contributed by atoms with van der Waals surface area (Å²) >= 11 is 0. The molecule has 440 valence electrons. The maximum absolute atomic E-state index is 12.5. The Hall–Kier alpha value is -2.18. The standard InChI is InChI=1S/C69H129NO5/c1-3-5-7-9-11-13-15-17-39-43-47-51-55-59-63-69(74)75-64-60-56-52-48-44-40-36-34-32-30-28-26-24-22-20-18-19-21-23-25-27-29-31-33-35-38-42-46-50-54-58-62-68(73)70-66(65-71)67(72)61-57-53-49-45-41-37-16-14-12-10-8-6-4-2/h15,17,20,22,26,28,57,61,66-67,71-72H,3-14,16,18-19,21,23-25,27,29-56,58-60,62-65H2,1-2H3,(H,70,73)/b17-15-,22-20-,28-26-,61-57+. The zero-order valence-electron chi connectivity index (χ0n) is 50.3. The third kappa shape index (κ3) is 60.9. The summed E-state index contributed by atoms with van der Waals surface area (Å²) in [6.45, 7) is 4.90. The molecule has 0 aliphatic heterocycles. The Morgan fingerprint density at radius 3 is 1.03 bits per heavy atom. The molecule has 0 aliphatic rings. The molecule has 0 spiro atoms. The van der Waals surface area contributed by atoms with Crippen molar-refractivity contribution in [3.63, 3.8) is 0 Å². The highest BCUT2D eigenvalue weighted by Gasteiger charge is 2.18. The number of carbonyl (C=O) groups is 2. The summed E-state index contributed by atoms with van der Waals surface area (Å²) < 4.78 is 5.48. The van der Waals surface area contributed by atoms with Gasteiger partial charge in [0.25, 0.3) is 0 Å². The number of amides is 1. The zero-order valence-corrected chi connectivity index (χ0v) is 50.3. The van der Waals surface area contributed by atoms with Crippen molar-refractivity contribution in [2.24, 2.45) is 0 Å². The molecule has 0 aromatic rings. The summed E-state index contributed by atoms with van der Waals surface area (Å²) in [6, 6.07) is -0.627. The topological polar surface area (TPSA) is 95.9 Å². The first-order valence-electron chi connectivity index (χ1n) is 33.4. The molecule has 0 aromatic heterocycles. The fourth-order valence-corrected chi connectivity index (χ4v) is 10.2. The molecular weight excluding hydrogens is 923 g/mol. The van der Waals surface area contributed by atoms with Crippen LogP contribution in [0.1, 0.15) is 354 Å². The minimum atomic E-state index is -0.844. The van der Waals surface area contributed by atoms with Gasteiger partial charge in [0.1, 0.15) is 0 Å². The van der Waals surface area contributed by atoms with E-state index in [1.54, 1.807) is 6.08 Å². The van der Waals surface area contributed by atoms with Crippen molar-refractivity contribution in [3.8, 4) is 0 Å². The van der Waals surface area contributed by atoms with Gasteiger partial charge in [-0.15, -0.1) is 0 Å². The molecular formula is C69H129NO5. The first-order valence-corrected chi connectivity index (χ1v) is 33.4. The average molecular weight is 1050 g/mol. The highest BCUT2D eigenvalue weighted by molar-refractivity contribution is 5.76. The summed E-state index contributed by atoms with van der Waals surface area (Å²) in [6.07, 6.45) is 83.2. The van der Waals surface area contributed by atoms with Gasteiger partial charge in [-0.1, -0.05) is 300 Å².